The van der Waals surface area contributed by atoms with Crippen molar-refractivity contribution in [2.45, 2.75) is 44.9 Å². The molecule has 1 fully saturated rings. The molecule has 0 spiro atoms. The van der Waals surface area contributed by atoms with E-state index in [0.717, 1.165) is 28.2 Å². The van der Waals surface area contributed by atoms with E-state index < -0.39 is 0 Å². The quantitative estimate of drug-likeness (QED) is 0.810. The summed E-state index contributed by atoms with van der Waals surface area (Å²) in [4.78, 5) is 4.60. The van der Waals surface area contributed by atoms with Gasteiger partial charge in [0, 0.05) is 21.6 Å². The van der Waals surface area contributed by atoms with Crippen LogP contribution in [0.1, 0.15) is 50.8 Å². The minimum Gasteiger partial charge on any atom is -0.398 e. The average molecular weight is 350 g/mol. The van der Waals surface area contributed by atoms with Gasteiger partial charge in [0.1, 0.15) is 0 Å². The number of benzene rings is 1. The van der Waals surface area contributed by atoms with Gasteiger partial charge in [-0.2, -0.15) is 4.98 Å². The summed E-state index contributed by atoms with van der Waals surface area (Å²) in [6, 6.07) is 5.70. The van der Waals surface area contributed by atoms with Crippen molar-refractivity contribution >= 4 is 21.6 Å². The first-order chi connectivity index (χ1) is 10.2. The molecular weight excluding hydrogens is 330 g/mol. The number of hydrogen-bond acceptors (Lipinski definition) is 4. The minimum absolute atomic E-state index is 0.439. The summed E-state index contributed by atoms with van der Waals surface area (Å²) in [5, 5.41) is 4.20. The van der Waals surface area contributed by atoms with Crippen LogP contribution in [0.5, 0.6) is 0 Å². The zero-order valence-electron chi connectivity index (χ0n) is 12.2. The lowest BCUT2D eigenvalue weighted by Gasteiger charge is -2.26. The summed E-state index contributed by atoms with van der Waals surface area (Å²) in [6.45, 7) is 2.26. The highest BCUT2D eigenvalue weighted by Gasteiger charge is 2.26. The molecule has 4 nitrogen and oxygen atoms in total. The minimum atomic E-state index is 0.439. The zero-order chi connectivity index (χ0) is 14.8. The molecule has 0 radical (unpaired) electrons. The van der Waals surface area contributed by atoms with Crippen LogP contribution in [0.3, 0.4) is 0 Å². The molecule has 5 heteroatoms. The third-order valence-electron chi connectivity index (χ3n) is 4.41. The van der Waals surface area contributed by atoms with Crippen LogP contribution in [0.2, 0.25) is 0 Å². The van der Waals surface area contributed by atoms with Gasteiger partial charge in [-0.05, 0) is 52.9 Å². The first-order valence-electron chi connectivity index (χ1n) is 7.56. The van der Waals surface area contributed by atoms with Gasteiger partial charge in [0.05, 0.1) is 0 Å². The highest BCUT2D eigenvalue weighted by molar-refractivity contribution is 9.10. The number of anilines is 1. The number of hydrogen-bond donors (Lipinski definition) is 1. The van der Waals surface area contributed by atoms with Crippen molar-refractivity contribution in [3.63, 3.8) is 0 Å². The Kier molecular flexibility index (Phi) is 4.29. The lowest BCUT2D eigenvalue weighted by molar-refractivity contribution is 0.300. The Balaban J connectivity index is 1.81. The van der Waals surface area contributed by atoms with Crippen LogP contribution in [0.25, 0.3) is 11.5 Å². The van der Waals surface area contributed by atoms with Crippen molar-refractivity contribution in [3.05, 3.63) is 28.5 Å². The molecule has 2 atom stereocenters. The van der Waals surface area contributed by atoms with Crippen molar-refractivity contribution in [3.8, 4) is 11.5 Å². The van der Waals surface area contributed by atoms with Gasteiger partial charge in [-0.3, -0.25) is 0 Å². The maximum atomic E-state index is 5.91. The second-order valence-electron chi connectivity index (χ2n) is 5.83. The van der Waals surface area contributed by atoms with E-state index >= 15 is 0 Å². The molecular formula is C16H20BrN3O. The number of nitrogens with zero attached hydrogens (tertiary/aromatic N) is 2. The molecule has 2 N–H and O–H groups in total. The molecule has 2 aromatic rings. The Labute approximate surface area is 133 Å². The van der Waals surface area contributed by atoms with E-state index in [1.807, 2.05) is 18.2 Å². The topological polar surface area (TPSA) is 64.9 Å². The second kappa shape index (κ2) is 6.18. The van der Waals surface area contributed by atoms with Crippen molar-refractivity contribution in [2.75, 3.05) is 5.73 Å². The summed E-state index contributed by atoms with van der Waals surface area (Å²) in [5.74, 6) is 2.65. The maximum absolute atomic E-state index is 5.91. The number of aromatic nitrogens is 2. The van der Waals surface area contributed by atoms with Gasteiger partial charge in [0.2, 0.25) is 0 Å². The first-order valence-corrected chi connectivity index (χ1v) is 8.35. The van der Waals surface area contributed by atoms with E-state index in [9.17, 15) is 0 Å². The van der Waals surface area contributed by atoms with E-state index in [2.05, 4.69) is 33.0 Å². The van der Waals surface area contributed by atoms with Crippen LogP contribution in [0.4, 0.5) is 5.69 Å². The molecule has 0 amide bonds. The first kappa shape index (κ1) is 14.6. The van der Waals surface area contributed by atoms with Gasteiger partial charge in [-0.15, -0.1) is 0 Å². The van der Waals surface area contributed by atoms with Crippen LogP contribution in [0.15, 0.2) is 27.2 Å². The Morgan fingerprint density at radius 3 is 3.00 bits per heavy atom. The molecule has 0 bridgehead atoms. The molecule has 0 aliphatic heterocycles. The number of nitrogens with two attached hydrogens (primary N) is 1. The third-order valence-corrected chi connectivity index (χ3v) is 5.13. The Morgan fingerprint density at radius 1 is 1.38 bits per heavy atom. The number of nitrogen functional groups attached to an aromatic ring is 1. The Hall–Kier alpha value is -1.36. The molecule has 1 saturated carbocycles. The highest BCUT2D eigenvalue weighted by atomic mass is 79.9. The van der Waals surface area contributed by atoms with Crippen molar-refractivity contribution in [1.82, 2.24) is 10.1 Å². The molecule has 1 heterocycles. The summed E-state index contributed by atoms with van der Waals surface area (Å²) in [7, 11) is 0. The zero-order valence-corrected chi connectivity index (χ0v) is 13.8. The van der Waals surface area contributed by atoms with Crippen LogP contribution in [-0.2, 0) is 0 Å². The van der Waals surface area contributed by atoms with Gasteiger partial charge < -0.3 is 10.3 Å². The van der Waals surface area contributed by atoms with E-state index in [1.54, 1.807) is 0 Å². The van der Waals surface area contributed by atoms with Gasteiger partial charge in [-0.1, -0.05) is 31.3 Å². The van der Waals surface area contributed by atoms with E-state index in [4.69, 9.17) is 10.3 Å². The normalized spacial score (nSPS) is 22.4. The lowest BCUT2D eigenvalue weighted by Crippen LogP contribution is -2.14. The molecule has 21 heavy (non-hydrogen) atoms. The molecule has 112 valence electrons. The van der Waals surface area contributed by atoms with Crippen molar-refractivity contribution in [2.24, 2.45) is 5.92 Å². The lowest BCUT2D eigenvalue weighted by atomic mass is 9.80. The summed E-state index contributed by atoms with van der Waals surface area (Å²) in [5.41, 5.74) is 7.46. The van der Waals surface area contributed by atoms with E-state index in [0.29, 0.717) is 17.5 Å². The van der Waals surface area contributed by atoms with Crippen LogP contribution < -0.4 is 5.73 Å². The van der Waals surface area contributed by atoms with Gasteiger partial charge in [0.25, 0.3) is 5.89 Å². The molecule has 1 aromatic carbocycles. The standard InChI is InChI=1S/C16H20BrN3O/c1-2-10-4-3-5-11(8-10)15-19-16(21-20-15)12-6-7-13(17)14(18)9-12/h6-7,9-11H,2-5,8,18H2,1H3. The van der Waals surface area contributed by atoms with Crippen LogP contribution in [0, 0.1) is 5.92 Å². The van der Waals surface area contributed by atoms with Crippen molar-refractivity contribution < 1.29 is 4.52 Å². The SMILES string of the molecule is CCC1CCCC(c2noc(-c3ccc(Br)c(N)c3)n2)C1. The smallest absolute Gasteiger partial charge is 0.258 e. The molecule has 3 rings (SSSR count). The Morgan fingerprint density at radius 2 is 2.24 bits per heavy atom. The predicted molar refractivity (Wildman–Crippen MR) is 86.8 cm³/mol. The summed E-state index contributed by atoms with van der Waals surface area (Å²) < 4.78 is 6.31. The fourth-order valence-corrected chi connectivity index (χ4v) is 3.34. The highest BCUT2D eigenvalue weighted by Crippen LogP contribution is 2.37. The monoisotopic (exact) mass is 349 g/mol. The number of halogens is 1. The Bertz CT molecular complexity index is 626. The largest absolute Gasteiger partial charge is 0.398 e. The molecule has 1 aromatic heterocycles. The van der Waals surface area contributed by atoms with Gasteiger partial charge >= 0.3 is 0 Å². The fourth-order valence-electron chi connectivity index (χ4n) is 3.09. The van der Waals surface area contributed by atoms with Gasteiger partial charge in [0.15, 0.2) is 5.82 Å². The second-order valence-corrected chi connectivity index (χ2v) is 6.69. The molecule has 1 aliphatic rings. The average Bonchev–Trinajstić information content (AvgIpc) is 3.00. The maximum Gasteiger partial charge on any atom is 0.258 e. The molecule has 0 saturated heterocycles. The van der Waals surface area contributed by atoms with Crippen molar-refractivity contribution in [1.29, 1.82) is 0 Å². The summed E-state index contributed by atoms with van der Waals surface area (Å²) >= 11 is 3.39. The predicted octanol–water partition coefficient (Wildman–Crippen LogP) is 4.77. The van der Waals surface area contributed by atoms with E-state index in [1.165, 1.54) is 25.7 Å². The van der Waals surface area contributed by atoms with Crippen LogP contribution in [-0.4, -0.2) is 10.1 Å². The summed E-state index contributed by atoms with van der Waals surface area (Å²) in [6.07, 6.45) is 6.18. The fraction of sp³-hybridized carbons (Fsp3) is 0.500. The van der Waals surface area contributed by atoms with Gasteiger partial charge in [-0.25, -0.2) is 0 Å². The van der Waals surface area contributed by atoms with Crippen LogP contribution >= 0.6 is 15.9 Å². The van der Waals surface area contributed by atoms with E-state index in [-0.39, 0.29) is 0 Å². The third kappa shape index (κ3) is 3.12. The molecule has 1 aliphatic carbocycles. The molecule has 2 unspecified atom stereocenters. The number of rotatable bonds is 3.